The number of carbonyl (C=O) groups is 4. The van der Waals surface area contributed by atoms with Gasteiger partial charge in [-0.3, -0.25) is 14.4 Å². The van der Waals surface area contributed by atoms with E-state index in [2.05, 4.69) is 5.32 Å². The molecule has 0 rings (SSSR count). The molecule has 0 spiro atoms. The number of hydrogen-bond acceptors (Lipinski definition) is 6. The Morgan fingerprint density at radius 3 is 2.10 bits per heavy atom. The molecule has 0 heterocycles. The number of carbonyl (C=O) groups excluding carboxylic acids is 2. The molecule has 0 bridgehead atoms. The Hall–Kier alpha value is -2.20. The number of hydrogen-bond donors (Lipinski definition) is 6. The first-order valence-corrected chi connectivity index (χ1v) is 6.11. The first kappa shape index (κ1) is 18.8. The van der Waals surface area contributed by atoms with Gasteiger partial charge in [0.15, 0.2) is 6.04 Å². The van der Waals surface area contributed by atoms with Gasteiger partial charge < -0.3 is 31.7 Å². The fourth-order valence-corrected chi connectivity index (χ4v) is 1.43. The maximum Gasteiger partial charge on any atom is 0.328 e. The predicted molar refractivity (Wildman–Crippen MR) is 69.1 cm³/mol. The zero-order valence-electron chi connectivity index (χ0n) is 11.4. The highest BCUT2D eigenvalue weighted by Gasteiger charge is 2.29. The van der Waals surface area contributed by atoms with Crippen molar-refractivity contribution in [3.8, 4) is 0 Å². The second-order valence-electron chi connectivity index (χ2n) is 4.32. The lowest BCUT2D eigenvalue weighted by atomic mass is 10.1. The highest BCUT2D eigenvalue weighted by atomic mass is 16.4. The Balaban J connectivity index is 4.86. The standard InChI is InChI=1S/C11H19N3O7/c1-5(15)9(11(20)21)14-10(19)6(2-3-8(17)18)13-7(16)4-12/h5-6,9,15H,2-4,12H2,1H3,(H,13,16)(H,14,19)(H,17,18)(H,20,21). The summed E-state index contributed by atoms with van der Waals surface area (Å²) in [6.45, 7) is 0.763. The van der Waals surface area contributed by atoms with Crippen LogP contribution in [0, 0.1) is 0 Å². The molecular formula is C11H19N3O7. The van der Waals surface area contributed by atoms with Crippen LogP contribution in [0.1, 0.15) is 19.8 Å². The van der Waals surface area contributed by atoms with Gasteiger partial charge >= 0.3 is 11.9 Å². The van der Waals surface area contributed by atoms with Crippen molar-refractivity contribution in [3.63, 3.8) is 0 Å². The van der Waals surface area contributed by atoms with Crippen LogP contribution in [0.4, 0.5) is 0 Å². The second kappa shape index (κ2) is 8.87. The van der Waals surface area contributed by atoms with Gasteiger partial charge in [0.25, 0.3) is 0 Å². The molecule has 0 aliphatic carbocycles. The summed E-state index contributed by atoms with van der Waals surface area (Å²) < 4.78 is 0. The number of aliphatic hydroxyl groups is 1. The van der Waals surface area contributed by atoms with Gasteiger partial charge in [-0.15, -0.1) is 0 Å². The molecule has 21 heavy (non-hydrogen) atoms. The number of nitrogens with two attached hydrogens (primary N) is 1. The molecule has 0 aliphatic heterocycles. The van der Waals surface area contributed by atoms with E-state index in [1.807, 2.05) is 5.32 Å². The van der Waals surface area contributed by atoms with E-state index in [0.717, 1.165) is 0 Å². The van der Waals surface area contributed by atoms with Crippen molar-refractivity contribution in [2.75, 3.05) is 6.54 Å². The van der Waals surface area contributed by atoms with Gasteiger partial charge in [-0.25, -0.2) is 4.79 Å². The zero-order valence-corrected chi connectivity index (χ0v) is 11.4. The Labute approximate surface area is 120 Å². The quantitative estimate of drug-likeness (QED) is 0.265. The van der Waals surface area contributed by atoms with Crippen molar-refractivity contribution in [2.45, 2.75) is 38.0 Å². The number of rotatable bonds is 9. The highest BCUT2D eigenvalue weighted by molar-refractivity contribution is 5.91. The highest BCUT2D eigenvalue weighted by Crippen LogP contribution is 2.01. The fourth-order valence-electron chi connectivity index (χ4n) is 1.43. The largest absolute Gasteiger partial charge is 0.481 e. The van der Waals surface area contributed by atoms with Crippen molar-refractivity contribution in [1.29, 1.82) is 0 Å². The van der Waals surface area contributed by atoms with Crippen molar-refractivity contribution in [1.82, 2.24) is 10.6 Å². The number of carboxylic acid groups (broad SMARTS) is 2. The van der Waals surface area contributed by atoms with Gasteiger partial charge in [0.05, 0.1) is 12.6 Å². The summed E-state index contributed by atoms with van der Waals surface area (Å²) in [5.74, 6) is -4.24. The molecule has 120 valence electrons. The van der Waals surface area contributed by atoms with E-state index in [1.165, 1.54) is 6.92 Å². The number of aliphatic hydroxyl groups excluding tert-OH is 1. The van der Waals surface area contributed by atoms with E-state index in [-0.39, 0.29) is 6.42 Å². The first-order chi connectivity index (χ1) is 9.68. The monoisotopic (exact) mass is 305 g/mol. The van der Waals surface area contributed by atoms with Crippen LogP contribution in [-0.2, 0) is 19.2 Å². The maximum absolute atomic E-state index is 11.9. The second-order valence-corrected chi connectivity index (χ2v) is 4.32. The molecule has 0 aromatic heterocycles. The van der Waals surface area contributed by atoms with E-state index in [9.17, 15) is 24.3 Å². The summed E-state index contributed by atoms with van der Waals surface area (Å²) in [5, 5.41) is 30.9. The minimum atomic E-state index is -1.57. The van der Waals surface area contributed by atoms with E-state index in [4.69, 9.17) is 15.9 Å². The van der Waals surface area contributed by atoms with Crippen LogP contribution >= 0.6 is 0 Å². The molecule has 3 unspecified atom stereocenters. The minimum absolute atomic E-state index is 0.237. The van der Waals surface area contributed by atoms with Gasteiger partial charge in [-0.05, 0) is 13.3 Å². The molecule has 2 amide bonds. The van der Waals surface area contributed by atoms with Crippen LogP contribution in [0.15, 0.2) is 0 Å². The summed E-state index contributed by atoms with van der Waals surface area (Å²) in [6, 6.07) is -2.82. The van der Waals surface area contributed by atoms with Gasteiger partial charge in [-0.2, -0.15) is 0 Å². The molecule has 10 nitrogen and oxygen atoms in total. The van der Waals surface area contributed by atoms with E-state index in [0.29, 0.717) is 0 Å². The van der Waals surface area contributed by atoms with Gasteiger partial charge in [0.1, 0.15) is 6.04 Å². The van der Waals surface area contributed by atoms with E-state index in [1.54, 1.807) is 0 Å². The Morgan fingerprint density at radius 2 is 1.71 bits per heavy atom. The summed E-state index contributed by atoms with van der Waals surface area (Å²) in [7, 11) is 0. The van der Waals surface area contributed by atoms with Crippen LogP contribution < -0.4 is 16.4 Å². The molecule has 0 saturated heterocycles. The van der Waals surface area contributed by atoms with E-state index >= 15 is 0 Å². The summed E-state index contributed by atoms with van der Waals surface area (Å²) >= 11 is 0. The predicted octanol–water partition coefficient (Wildman–Crippen LogP) is -2.76. The fraction of sp³-hybridized carbons (Fsp3) is 0.636. The molecule has 0 aromatic carbocycles. The smallest absolute Gasteiger partial charge is 0.328 e. The lowest BCUT2D eigenvalue weighted by molar-refractivity contribution is -0.145. The third-order valence-corrected chi connectivity index (χ3v) is 2.53. The van der Waals surface area contributed by atoms with Crippen LogP contribution in [0.5, 0.6) is 0 Å². The third-order valence-electron chi connectivity index (χ3n) is 2.53. The lowest BCUT2D eigenvalue weighted by Gasteiger charge is -2.22. The van der Waals surface area contributed by atoms with Crippen molar-refractivity contribution < 1.29 is 34.5 Å². The molecule has 0 radical (unpaired) electrons. The molecular weight excluding hydrogens is 286 g/mol. The Bertz CT molecular complexity index is 411. The molecule has 10 heteroatoms. The summed E-state index contributed by atoms with van der Waals surface area (Å²) in [5.41, 5.74) is 5.08. The topological polar surface area (TPSA) is 179 Å². The van der Waals surface area contributed by atoms with Gasteiger partial charge in [0.2, 0.25) is 11.8 Å². The molecule has 0 aliphatic rings. The van der Waals surface area contributed by atoms with Crippen molar-refractivity contribution in [2.24, 2.45) is 5.73 Å². The molecule has 3 atom stereocenters. The minimum Gasteiger partial charge on any atom is -0.481 e. The average Bonchev–Trinajstić information content (AvgIpc) is 2.38. The van der Waals surface area contributed by atoms with Crippen LogP contribution in [0.2, 0.25) is 0 Å². The SMILES string of the molecule is CC(O)C(NC(=O)C(CCC(=O)O)NC(=O)CN)C(=O)O. The van der Waals surface area contributed by atoms with Gasteiger partial charge in [0, 0.05) is 6.42 Å². The number of amides is 2. The van der Waals surface area contributed by atoms with Gasteiger partial charge in [-0.1, -0.05) is 0 Å². The molecule has 0 saturated carbocycles. The lowest BCUT2D eigenvalue weighted by Crippen LogP contribution is -2.55. The van der Waals surface area contributed by atoms with Crippen LogP contribution in [0.25, 0.3) is 0 Å². The summed E-state index contributed by atoms with van der Waals surface area (Å²) in [4.78, 5) is 44.5. The number of nitrogens with one attached hydrogen (secondary N) is 2. The normalized spacial score (nSPS) is 14.6. The Morgan fingerprint density at radius 1 is 1.14 bits per heavy atom. The molecule has 7 N–H and O–H groups in total. The molecule has 0 fully saturated rings. The third kappa shape index (κ3) is 7.22. The van der Waals surface area contributed by atoms with Crippen molar-refractivity contribution in [3.05, 3.63) is 0 Å². The van der Waals surface area contributed by atoms with Crippen LogP contribution in [-0.4, -0.2) is 63.8 Å². The average molecular weight is 305 g/mol. The number of carboxylic acids is 2. The van der Waals surface area contributed by atoms with Crippen molar-refractivity contribution >= 4 is 23.8 Å². The Kier molecular flexibility index (Phi) is 7.94. The van der Waals surface area contributed by atoms with E-state index < -0.39 is 54.9 Å². The van der Waals surface area contributed by atoms with Crippen LogP contribution in [0.3, 0.4) is 0 Å². The molecule has 0 aromatic rings. The number of aliphatic carboxylic acids is 2. The summed E-state index contributed by atoms with van der Waals surface area (Å²) in [6.07, 6.45) is -2.01. The maximum atomic E-state index is 11.9. The zero-order chi connectivity index (χ0) is 16.6. The first-order valence-electron chi connectivity index (χ1n) is 6.11.